The average molecular weight is 344 g/mol. The van der Waals surface area contributed by atoms with Gasteiger partial charge >= 0.3 is 6.09 Å². The number of nitrogens with one attached hydrogen (secondary N) is 2. The number of ether oxygens (including phenoxy) is 1. The molecule has 134 valence electrons. The SMILES string of the molecule is CCOC(=O)N1CCC(NC(=O)Cc2ccc3nc(C)[nH]c3c2)CC1. The predicted octanol–water partition coefficient (Wildman–Crippen LogP) is 2.15. The topological polar surface area (TPSA) is 87.3 Å². The number of amides is 2. The first-order valence-electron chi connectivity index (χ1n) is 8.71. The normalized spacial score (nSPS) is 15.4. The van der Waals surface area contributed by atoms with Gasteiger partial charge in [-0.15, -0.1) is 0 Å². The van der Waals surface area contributed by atoms with Crippen molar-refractivity contribution in [1.82, 2.24) is 20.2 Å². The third-order valence-corrected chi connectivity index (χ3v) is 4.42. The van der Waals surface area contributed by atoms with Crippen molar-refractivity contribution in [2.45, 2.75) is 39.2 Å². The molecule has 1 aromatic carbocycles. The second-order valence-corrected chi connectivity index (χ2v) is 6.38. The van der Waals surface area contributed by atoms with Crippen LogP contribution in [0.25, 0.3) is 11.0 Å². The van der Waals surface area contributed by atoms with Crippen molar-refractivity contribution in [3.8, 4) is 0 Å². The number of likely N-dealkylation sites (tertiary alicyclic amines) is 1. The van der Waals surface area contributed by atoms with Crippen LogP contribution < -0.4 is 5.32 Å². The average Bonchev–Trinajstić information content (AvgIpc) is 2.95. The number of hydrogen-bond acceptors (Lipinski definition) is 4. The van der Waals surface area contributed by atoms with E-state index in [0.29, 0.717) is 26.1 Å². The second-order valence-electron chi connectivity index (χ2n) is 6.38. The Kier molecular flexibility index (Phi) is 5.21. The van der Waals surface area contributed by atoms with E-state index in [-0.39, 0.29) is 18.0 Å². The molecule has 0 radical (unpaired) electrons. The number of imidazole rings is 1. The van der Waals surface area contributed by atoms with Crippen LogP contribution in [0.3, 0.4) is 0 Å². The molecule has 7 heteroatoms. The molecule has 0 unspecified atom stereocenters. The maximum absolute atomic E-state index is 12.3. The van der Waals surface area contributed by atoms with Gasteiger partial charge in [0.05, 0.1) is 24.1 Å². The Balaban J connectivity index is 1.50. The smallest absolute Gasteiger partial charge is 0.409 e. The molecule has 0 saturated carbocycles. The van der Waals surface area contributed by atoms with Gasteiger partial charge in [-0.1, -0.05) is 6.07 Å². The monoisotopic (exact) mass is 344 g/mol. The molecule has 2 aromatic rings. The summed E-state index contributed by atoms with van der Waals surface area (Å²) in [5.41, 5.74) is 2.82. The number of H-pyrrole nitrogens is 1. The predicted molar refractivity (Wildman–Crippen MR) is 94.3 cm³/mol. The maximum Gasteiger partial charge on any atom is 0.409 e. The van der Waals surface area contributed by atoms with Crippen LogP contribution in [0.5, 0.6) is 0 Å². The van der Waals surface area contributed by atoms with Crippen molar-refractivity contribution in [1.29, 1.82) is 0 Å². The van der Waals surface area contributed by atoms with Gasteiger partial charge in [0, 0.05) is 19.1 Å². The first kappa shape index (κ1) is 17.3. The van der Waals surface area contributed by atoms with Crippen molar-refractivity contribution < 1.29 is 14.3 Å². The standard InChI is InChI=1S/C18H24N4O3/c1-3-25-18(24)22-8-6-14(7-9-22)21-17(23)11-13-4-5-15-16(10-13)20-12(2)19-15/h4-5,10,14H,3,6-9,11H2,1-2H3,(H,19,20)(H,21,23). The van der Waals surface area contributed by atoms with Gasteiger partial charge in [-0.25, -0.2) is 9.78 Å². The summed E-state index contributed by atoms with van der Waals surface area (Å²) in [4.78, 5) is 33.2. The van der Waals surface area contributed by atoms with E-state index in [0.717, 1.165) is 35.3 Å². The Morgan fingerprint density at radius 1 is 1.36 bits per heavy atom. The molecule has 25 heavy (non-hydrogen) atoms. The molecular formula is C18H24N4O3. The number of rotatable bonds is 4. The molecule has 0 spiro atoms. The Morgan fingerprint density at radius 3 is 2.84 bits per heavy atom. The number of fused-ring (bicyclic) bond motifs is 1. The zero-order chi connectivity index (χ0) is 17.8. The van der Waals surface area contributed by atoms with Gasteiger partial charge in [-0.05, 0) is 44.4 Å². The third kappa shape index (κ3) is 4.29. The van der Waals surface area contributed by atoms with Gasteiger partial charge in [-0.3, -0.25) is 4.79 Å². The molecule has 0 atom stereocenters. The van der Waals surface area contributed by atoms with E-state index < -0.39 is 0 Å². The lowest BCUT2D eigenvalue weighted by Gasteiger charge is -2.31. The Hall–Kier alpha value is -2.57. The molecule has 1 saturated heterocycles. The fraction of sp³-hybridized carbons (Fsp3) is 0.500. The lowest BCUT2D eigenvalue weighted by atomic mass is 10.0. The van der Waals surface area contributed by atoms with E-state index in [1.807, 2.05) is 25.1 Å². The molecule has 3 rings (SSSR count). The molecule has 0 bridgehead atoms. The lowest BCUT2D eigenvalue weighted by molar-refractivity contribution is -0.121. The molecule has 1 aliphatic rings. The molecule has 1 aromatic heterocycles. The van der Waals surface area contributed by atoms with Crippen LogP contribution in [0.1, 0.15) is 31.2 Å². The minimum Gasteiger partial charge on any atom is -0.450 e. The molecule has 7 nitrogen and oxygen atoms in total. The van der Waals surface area contributed by atoms with Gasteiger partial charge < -0.3 is 19.9 Å². The number of hydrogen-bond donors (Lipinski definition) is 2. The first-order valence-corrected chi connectivity index (χ1v) is 8.71. The van der Waals surface area contributed by atoms with E-state index in [4.69, 9.17) is 4.74 Å². The number of aromatic nitrogens is 2. The Bertz CT molecular complexity index is 763. The summed E-state index contributed by atoms with van der Waals surface area (Å²) in [6.45, 7) is 5.32. The van der Waals surface area contributed by atoms with E-state index in [2.05, 4.69) is 15.3 Å². The Morgan fingerprint density at radius 2 is 2.12 bits per heavy atom. The van der Waals surface area contributed by atoms with Crippen molar-refractivity contribution >= 4 is 23.0 Å². The van der Waals surface area contributed by atoms with Crippen LogP contribution in [0.4, 0.5) is 4.79 Å². The number of carbonyl (C=O) groups is 2. The number of piperidine rings is 1. The molecule has 1 aliphatic heterocycles. The summed E-state index contributed by atoms with van der Waals surface area (Å²) in [5.74, 6) is 0.870. The summed E-state index contributed by atoms with van der Waals surface area (Å²) in [5, 5.41) is 3.07. The van der Waals surface area contributed by atoms with Gasteiger partial charge in [0.15, 0.2) is 0 Å². The molecule has 1 fully saturated rings. The van der Waals surface area contributed by atoms with Crippen LogP contribution in [0, 0.1) is 6.92 Å². The van der Waals surface area contributed by atoms with Crippen LogP contribution >= 0.6 is 0 Å². The van der Waals surface area contributed by atoms with E-state index in [9.17, 15) is 9.59 Å². The van der Waals surface area contributed by atoms with E-state index >= 15 is 0 Å². The van der Waals surface area contributed by atoms with Gasteiger partial charge in [0.1, 0.15) is 5.82 Å². The highest BCUT2D eigenvalue weighted by molar-refractivity contribution is 5.82. The number of aromatic amines is 1. The van der Waals surface area contributed by atoms with E-state index in [1.165, 1.54) is 0 Å². The highest BCUT2D eigenvalue weighted by Crippen LogP contribution is 2.15. The highest BCUT2D eigenvalue weighted by Gasteiger charge is 2.24. The molecule has 0 aliphatic carbocycles. The minimum absolute atomic E-state index is 0.00479. The molecule has 2 amide bonds. The van der Waals surface area contributed by atoms with Crippen molar-refractivity contribution in [2.75, 3.05) is 19.7 Å². The quantitative estimate of drug-likeness (QED) is 0.890. The Labute approximate surface area is 146 Å². The van der Waals surface area contributed by atoms with Gasteiger partial charge in [0.2, 0.25) is 5.91 Å². The summed E-state index contributed by atoms with van der Waals surface area (Å²) >= 11 is 0. The fourth-order valence-corrected chi connectivity index (χ4v) is 3.18. The maximum atomic E-state index is 12.3. The molecule has 2 N–H and O–H groups in total. The van der Waals surface area contributed by atoms with Crippen molar-refractivity contribution in [2.24, 2.45) is 0 Å². The summed E-state index contributed by atoms with van der Waals surface area (Å²) in [6, 6.07) is 5.94. The van der Waals surface area contributed by atoms with Gasteiger partial charge in [0.25, 0.3) is 0 Å². The summed E-state index contributed by atoms with van der Waals surface area (Å²) in [6.07, 6.45) is 1.58. The fourth-order valence-electron chi connectivity index (χ4n) is 3.18. The van der Waals surface area contributed by atoms with Crippen molar-refractivity contribution in [3.63, 3.8) is 0 Å². The number of carbonyl (C=O) groups excluding carboxylic acids is 2. The molecule has 2 heterocycles. The van der Waals surface area contributed by atoms with Crippen LogP contribution in [-0.2, 0) is 16.0 Å². The van der Waals surface area contributed by atoms with Crippen LogP contribution in [-0.4, -0.2) is 52.6 Å². The van der Waals surface area contributed by atoms with Gasteiger partial charge in [-0.2, -0.15) is 0 Å². The first-order chi connectivity index (χ1) is 12.0. The second kappa shape index (κ2) is 7.55. The summed E-state index contributed by atoms with van der Waals surface area (Å²) in [7, 11) is 0. The minimum atomic E-state index is -0.268. The van der Waals surface area contributed by atoms with Crippen LogP contribution in [0.2, 0.25) is 0 Å². The molecular weight excluding hydrogens is 320 g/mol. The summed E-state index contributed by atoms with van der Waals surface area (Å²) < 4.78 is 5.01. The third-order valence-electron chi connectivity index (χ3n) is 4.42. The van der Waals surface area contributed by atoms with E-state index in [1.54, 1.807) is 11.8 Å². The number of benzene rings is 1. The highest BCUT2D eigenvalue weighted by atomic mass is 16.6. The zero-order valence-electron chi connectivity index (χ0n) is 14.7. The number of nitrogens with zero attached hydrogens (tertiary/aromatic N) is 2. The zero-order valence-corrected chi connectivity index (χ0v) is 14.7. The van der Waals surface area contributed by atoms with Crippen LogP contribution in [0.15, 0.2) is 18.2 Å². The van der Waals surface area contributed by atoms with Crippen molar-refractivity contribution in [3.05, 3.63) is 29.6 Å². The largest absolute Gasteiger partial charge is 0.450 e. The number of aryl methyl sites for hydroxylation is 1. The lowest BCUT2D eigenvalue weighted by Crippen LogP contribution is -2.47.